The highest BCUT2D eigenvalue weighted by atomic mass is 16.5. The zero-order chi connectivity index (χ0) is 18.2. The number of carbonyl (C=O) groups excluding carboxylic acids is 1. The van der Waals surface area contributed by atoms with Gasteiger partial charge in [0.05, 0.1) is 24.1 Å². The third-order valence-electron chi connectivity index (χ3n) is 5.73. The van der Waals surface area contributed by atoms with Crippen LogP contribution in [0.15, 0.2) is 18.2 Å². The van der Waals surface area contributed by atoms with Crippen molar-refractivity contribution in [1.82, 2.24) is 14.4 Å². The van der Waals surface area contributed by atoms with Gasteiger partial charge in [0, 0.05) is 38.9 Å². The van der Waals surface area contributed by atoms with Gasteiger partial charge in [-0.1, -0.05) is 0 Å². The largest absolute Gasteiger partial charge is 0.489 e. The van der Waals surface area contributed by atoms with Crippen molar-refractivity contribution in [1.29, 1.82) is 0 Å². The van der Waals surface area contributed by atoms with Gasteiger partial charge in [-0.05, 0) is 49.4 Å². The third-order valence-corrected chi connectivity index (χ3v) is 5.73. The first kappa shape index (κ1) is 16.9. The number of aromatic nitrogens is 1. The minimum atomic E-state index is -0.0651. The Balaban J connectivity index is 1.26. The maximum atomic E-state index is 12.7. The number of hydrogen-bond acceptors (Lipinski definition) is 4. The van der Waals surface area contributed by atoms with Gasteiger partial charge in [0.2, 0.25) is 0 Å². The van der Waals surface area contributed by atoms with E-state index in [-0.39, 0.29) is 12.1 Å². The fraction of sp³-hybridized carbons (Fsp3) is 0.571. The lowest BCUT2D eigenvalue weighted by atomic mass is 10.2. The van der Waals surface area contributed by atoms with Crippen LogP contribution in [0.2, 0.25) is 0 Å². The Labute approximate surface area is 159 Å². The molecule has 1 aromatic carbocycles. The quantitative estimate of drug-likeness (QED) is 0.833. The number of hydrogen-bond donors (Lipinski definition) is 0. The van der Waals surface area contributed by atoms with Crippen molar-refractivity contribution in [3.63, 3.8) is 0 Å². The number of nitrogens with zero attached hydrogens (tertiary/aromatic N) is 3. The summed E-state index contributed by atoms with van der Waals surface area (Å²) in [5.74, 6) is 1.77. The van der Waals surface area contributed by atoms with E-state index in [4.69, 9.17) is 9.47 Å². The van der Waals surface area contributed by atoms with Crippen molar-refractivity contribution in [2.75, 3.05) is 45.9 Å². The molecule has 142 valence electrons. The van der Waals surface area contributed by atoms with Crippen LogP contribution in [0.1, 0.15) is 19.3 Å². The molecule has 0 bridgehead atoms. The van der Waals surface area contributed by atoms with Gasteiger partial charge < -0.3 is 14.4 Å². The number of benzene rings is 1. The molecule has 3 heterocycles. The Morgan fingerprint density at radius 2 is 2.04 bits per heavy atom. The van der Waals surface area contributed by atoms with E-state index >= 15 is 0 Å². The first-order valence-electron chi connectivity index (χ1n) is 9.98. The van der Waals surface area contributed by atoms with Crippen LogP contribution in [0.3, 0.4) is 0 Å². The van der Waals surface area contributed by atoms with Gasteiger partial charge in [0.25, 0.3) is 0 Å². The molecule has 0 spiro atoms. The number of amides is 1. The molecular formula is C21H25N3O3. The second kappa shape index (κ2) is 7.06. The van der Waals surface area contributed by atoms with E-state index < -0.39 is 0 Å². The van der Waals surface area contributed by atoms with Crippen LogP contribution in [0.25, 0.3) is 10.9 Å². The van der Waals surface area contributed by atoms with Crippen LogP contribution < -0.4 is 4.74 Å². The molecule has 1 atom stereocenters. The molecule has 1 aromatic heterocycles. The predicted octanol–water partition coefficient (Wildman–Crippen LogP) is 2.41. The number of ether oxygens (including phenoxy) is 2. The van der Waals surface area contributed by atoms with Crippen molar-refractivity contribution in [2.24, 2.45) is 5.92 Å². The monoisotopic (exact) mass is 367 g/mol. The normalized spacial score (nSPS) is 23.6. The number of fused-ring (bicyclic) bond motifs is 1. The van der Waals surface area contributed by atoms with Crippen molar-refractivity contribution in [3.05, 3.63) is 30.5 Å². The minimum absolute atomic E-state index is 0.0651. The molecule has 3 aliphatic rings. The molecule has 2 aromatic rings. The molecular weight excluding hydrogens is 342 g/mol. The van der Waals surface area contributed by atoms with E-state index in [0.717, 1.165) is 42.1 Å². The van der Waals surface area contributed by atoms with Crippen molar-refractivity contribution < 1.29 is 14.3 Å². The molecule has 2 aliphatic heterocycles. The summed E-state index contributed by atoms with van der Waals surface area (Å²) in [5, 5.41) is 0.863. The molecule has 2 saturated heterocycles. The summed E-state index contributed by atoms with van der Waals surface area (Å²) in [7, 11) is 0. The molecule has 6 nitrogen and oxygen atoms in total. The molecule has 1 saturated carbocycles. The Bertz CT molecular complexity index is 823. The molecule has 1 amide bonds. The zero-order valence-corrected chi connectivity index (χ0v) is 15.5. The lowest BCUT2D eigenvalue weighted by Gasteiger charge is -2.26. The first-order valence-corrected chi connectivity index (χ1v) is 9.98. The first-order chi connectivity index (χ1) is 13.3. The number of morpholine rings is 1. The Hall–Kier alpha value is -2.23. The van der Waals surface area contributed by atoms with Crippen LogP contribution >= 0.6 is 0 Å². The highest BCUT2D eigenvalue weighted by molar-refractivity contribution is 5.90. The third kappa shape index (κ3) is 3.62. The van der Waals surface area contributed by atoms with E-state index in [2.05, 4.69) is 17.2 Å². The lowest BCUT2D eigenvalue weighted by Crippen LogP contribution is -2.42. The molecule has 1 aliphatic carbocycles. The molecule has 3 fully saturated rings. The molecule has 27 heavy (non-hydrogen) atoms. The van der Waals surface area contributed by atoms with E-state index in [9.17, 15) is 4.79 Å². The SMILES string of the molecule is O=C(N1CCOCC1)n1c#cc2cc(O[C@H]3CCN(CC4CC4)C3)ccc21. The highest BCUT2D eigenvalue weighted by Crippen LogP contribution is 2.31. The summed E-state index contributed by atoms with van der Waals surface area (Å²) < 4.78 is 13.1. The molecule has 0 N–H and O–H groups in total. The fourth-order valence-corrected chi connectivity index (χ4v) is 4.02. The van der Waals surface area contributed by atoms with Crippen molar-refractivity contribution in [3.8, 4) is 5.75 Å². The molecule has 6 heteroatoms. The van der Waals surface area contributed by atoms with Crippen molar-refractivity contribution in [2.45, 2.75) is 25.4 Å². The van der Waals surface area contributed by atoms with Gasteiger partial charge in [-0.15, -0.1) is 0 Å². The maximum absolute atomic E-state index is 12.7. The number of likely N-dealkylation sites (tertiary alicyclic amines) is 1. The Morgan fingerprint density at radius 3 is 2.85 bits per heavy atom. The van der Waals surface area contributed by atoms with Crippen LogP contribution in [-0.4, -0.2) is 72.4 Å². The standard InChI is InChI=1S/C21H25N3O3/c25-21(23-9-11-26-12-10-23)24-8-5-17-13-18(3-4-20(17)24)27-19-6-7-22(15-19)14-16-1-2-16/h3-4,13,16,19H,1-2,6-7,9-12,14-15H2/t19-/m0/s1. The summed E-state index contributed by atoms with van der Waals surface area (Å²) in [4.78, 5) is 17.0. The van der Waals surface area contributed by atoms with E-state index in [1.165, 1.54) is 19.4 Å². The lowest BCUT2D eigenvalue weighted by molar-refractivity contribution is 0.0537. The summed E-state index contributed by atoms with van der Waals surface area (Å²) in [6, 6.07) is 8.88. The van der Waals surface area contributed by atoms with E-state index in [1.54, 1.807) is 9.47 Å². The van der Waals surface area contributed by atoms with E-state index in [0.29, 0.717) is 26.3 Å². The van der Waals surface area contributed by atoms with Crippen LogP contribution in [0.4, 0.5) is 4.79 Å². The average Bonchev–Trinajstić information content (AvgIpc) is 3.24. The smallest absolute Gasteiger partial charge is 0.336 e. The van der Waals surface area contributed by atoms with Gasteiger partial charge in [-0.25, -0.2) is 9.36 Å². The van der Waals surface area contributed by atoms with Gasteiger partial charge in [-0.3, -0.25) is 4.90 Å². The Kier molecular flexibility index (Phi) is 4.42. The van der Waals surface area contributed by atoms with Gasteiger partial charge >= 0.3 is 6.03 Å². The van der Waals surface area contributed by atoms with E-state index in [1.807, 2.05) is 18.2 Å². The van der Waals surface area contributed by atoms with Crippen LogP contribution in [-0.2, 0) is 4.74 Å². The summed E-state index contributed by atoms with van der Waals surface area (Å²) in [6.45, 7) is 5.79. The van der Waals surface area contributed by atoms with Gasteiger partial charge in [-0.2, -0.15) is 0 Å². The topological polar surface area (TPSA) is 46.9 Å². The molecule has 5 rings (SSSR count). The Morgan fingerprint density at radius 1 is 1.19 bits per heavy atom. The predicted molar refractivity (Wildman–Crippen MR) is 101 cm³/mol. The minimum Gasteiger partial charge on any atom is -0.489 e. The number of carbonyl (C=O) groups is 1. The number of rotatable bonds is 4. The van der Waals surface area contributed by atoms with Crippen LogP contribution in [0.5, 0.6) is 5.75 Å². The average molecular weight is 367 g/mol. The van der Waals surface area contributed by atoms with Crippen LogP contribution in [0, 0.1) is 18.2 Å². The summed E-state index contributed by atoms with van der Waals surface area (Å²) >= 11 is 0. The van der Waals surface area contributed by atoms with Crippen molar-refractivity contribution >= 4 is 16.9 Å². The fourth-order valence-electron chi connectivity index (χ4n) is 4.02. The zero-order valence-electron chi connectivity index (χ0n) is 15.5. The second-order valence-corrected chi connectivity index (χ2v) is 7.86. The summed E-state index contributed by atoms with van der Waals surface area (Å²) in [5.41, 5.74) is 0.820. The van der Waals surface area contributed by atoms with Gasteiger partial charge in [0.1, 0.15) is 11.9 Å². The molecule has 0 radical (unpaired) electrons. The highest BCUT2D eigenvalue weighted by Gasteiger charge is 2.30. The van der Waals surface area contributed by atoms with Gasteiger partial charge in [0.15, 0.2) is 0 Å². The summed E-state index contributed by atoms with van der Waals surface area (Å²) in [6.07, 6.45) is 7.08. The second-order valence-electron chi connectivity index (χ2n) is 7.86. The maximum Gasteiger partial charge on any atom is 0.336 e. The molecule has 0 unspecified atom stereocenters.